The number of guanidine groups is 1. The normalized spacial score (nSPS) is 20.3. The first-order valence-electron chi connectivity index (χ1n) is 7.63. The molecule has 1 aromatic rings. The van der Waals surface area contributed by atoms with Crippen LogP contribution >= 0.6 is 0 Å². The largest absolute Gasteiger partial charge is 0.484 e. The van der Waals surface area contributed by atoms with Crippen molar-refractivity contribution in [3.05, 3.63) is 29.8 Å². The molecule has 1 aromatic carbocycles. The molecule has 25 heavy (non-hydrogen) atoms. The number of rotatable bonds is 5. The highest BCUT2D eigenvalue weighted by molar-refractivity contribution is 7.91. The predicted molar refractivity (Wildman–Crippen MR) is 88.4 cm³/mol. The number of aliphatic imine (C=N–C) groups is 1. The maximum absolute atomic E-state index is 12.2. The molecule has 0 amide bonds. The molecule has 6 nitrogen and oxygen atoms in total. The van der Waals surface area contributed by atoms with E-state index in [1.807, 2.05) is 0 Å². The van der Waals surface area contributed by atoms with Gasteiger partial charge in [0.25, 0.3) is 0 Å². The lowest BCUT2D eigenvalue weighted by Gasteiger charge is -2.16. The van der Waals surface area contributed by atoms with Gasteiger partial charge in [-0.2, -0.15) is 13.2 Å². The van der Waals surface area contributed by atoms with E-state index in [1.54, 1.807) is 19.2 Å². The first-order chi connectivity index (χ1) is 11.7. The fourth-order valence-electron chi connectivity index (χ4n) is 2.39. The molecule has 1 atom stereocenters. The Bertz CT molecular complexity index is 720. The van der Waals surface area contributed by atoms with Gasteiger partial charge < -0.3 is 15.4 Å². The third-order valence-electron chi connectivity index (χ3n) is 3.56. The summed E-state index contributed by atoms with van der Waals surface area (Å²) < 4.78 is 64.2. The van der Waals surface area contributed by atoms with Crippen LogP contribution < -0.4 is 15.4 Å². The van der Waals surface area contributed by atoms with Crippen LogP contribution in [0.4, 0.5) is 13.2 Å². The van der Waals surface area contributed by atoms with Gasteiger partial charge in [-0.25, -0.2) is 8.42 Å². The molecule has 0 spiro atoms. The third kappa shape index (κ3) is 6.81. The molecule has 2 rings (SSSR count). The minimum Gasteiger partial charge on any atom is -0.484 e. The van der Waals surface area contributed by atoms with E-state index >= 15 is 0 Å². The lowest BCUT2D eigenvalue weighted by molar-refractivity contribution is -0.153. The first kappa shape index (κ1) is 19.4. The number of ether oxygens (including phenoxy) is 1. The maximum Gasteiger partial charge on any atom is 0.422 e. The minimum atomic E-state index is -4.39. The molecule has 0 aromatic heterocycles. The Hall–Kier alpha value is -1.97. The number of halogens is 3. The Morgan fingerprint density at radius 2 is 2.16 bits per heavy atom. The Morgan fingerprint density at radius 3 is 2.76 bits per heavy atom. The van der Waals surface area contributed by atoms with E-state index in [-0.39, 0.29) is 23.3 Å². The summed E-state index contributed by atoms with van der Waals surface area (Å²) in [4.78, 5) is 4.03. The monoisotopic (exact) mass is 379 g/mol. The summed E-state index contributed by atoms with van der Waals surface area (Å²) in [5.74, 6) is 0.777. The molecule has 2 N–H and O–H groups in total. The maximum atomic E-state index is 12.2. The Kier molecular flexibility index (Phi) is 6.15. The molecular weight excluding hydrogens is 359 g/mol. The van der Waals surface area contributed by atoms with Crippen LogP contribution in [0.3, 0.4) is 0 Å². The van der Waals surface area contributed by atoms with Crippen LogP contribution in [0.15, 0.2) is 29.3 Å². The highest BCUT2D eigenvalue weighted by Crippen LogP contribution is 2.19. The van der Waals surface area contributed by atoms with Gasteiger partial charge in [-0.05, 0) is 24.1 Å². The van der Waals surface area contributed by atoms with Crippen LogP contribution in [0, 0.1) is 0 Å². The standard InChI is InChI=1S/C15H20F3N3O3S/c1-19-14(21-12-5-6-25(22,23)9-12)20-8-11-3-2-4-13(7-11)24-10-15(16,17)18/h2-4,7,12H,5-6,8-10H2,1H3,(H2,19,20,21). The van der Waals surface area contributed by atoms with E-state index in [0.29, 0.717) is 24.5 Å². The van der Waals surface area contributed by atoms with Crippen molar-refractivity contribution in [1.29, 1.82) is 0 Å². The minimum absolute atomic E-state index is 0.0640. The summed E-state index contributed by atoms with van der Waals surface area (Å²) in [5, 5.41) is 6.04. The third-order valence-corrected chi connectivity index (χ3v) is 5.33. The molecule has 1 fully saturated rings. The second kappa shape index (κ2) is 7.94. The van der Waals surface area contributed by atoms with Gasteiger partial charge in [0.2, 0.25) is 0 Å². The van der Waals surface area contributed by atoms with Crippen LogP contribution in [0.25, 0.3) is 0 Å². The van der Waals surface area contributed by atoms with Crippen LogP contribution in [-0.4, -0.2) is 51.8 Å². The summed E-state index contributed by atoms with van der Waals surface area (Å²) >= 11 is 0. The molecule has 140 valence electrons. The van der Waals surface area contributed by atoms with E-state index in [1.165, 1.54) is 12.1 Å². The average Bonchev–Trinajstić information content (AvgIpc) is 2.88. The van der Waals surface area contributed by atoms with E-state index in [9.17, 15) is 21.6 Å². The number of hydrogen-bond donors (Lipinski definition) is 2. The van der Waals surface area contributed by atoms with Gasteiger partial charge in [-0.15, -0.1) is 0 Å². The van der Waals surface area contributed by atoms with Crippen molar-refractivity contribution in [2.24, 2.45) is 4.99 Å². The second-order valence-corrected chi connectivity index (χ2v) is 7.95. The Balaban J connectivity index is 1.87. The summed E-state index contributed by atoms with van der Waals surface area (Å²) in [7, 11) is -1.44. The number of alkyl halides is 3. The number of nitrogens with one attached hydrogen (secondary N) is 2. The fraction of sp³-hybridized carbons (Fsp3) is 0.533. The number of nitrogens with zero attached hydrogens (tertiary/aromatic N) is 1. The molecule has 0 radical (unpaired) electrons. The van der Waals surface area contributed by atoms with Crippen molar-refractivity contribution in [2.75, 3.05) is 25.2 Å². The first-order valence-corrected chi connectivity index (χ1v) is 9.45. The molecule has 0 bridgehead atoms. The summed E-state index contributed by atoms with van der Waals surface area (Å²) in [6, 6.07) is 6.10. The summed E-state index contributed by atoms with van der Waals surface area (Å²) in [5.41, 5.74) is 0.710. The fourth-order valence-corrected chi connectivity index (χ4v) is 4.07. The molecule has 10 heteroatoms. The zero-order valence-corrected chi connectivity index (χ0v) is 14.5. The highest BCUT2D eigenvalue weighted by atomic mass is 32.2. The number of hydrogen-bond acceptors (Lipinski definition) is 4. The molecule has 1 saturated heterocycles. The van der Waals surface area contributed by atoms with Gasteiger partial charge in [0.05, 0.1) is 11.5 Å². The molecule has 1 aliphatic heterocycles. The summed E-state index contributed by atoms with van der Waals surface area (Å²) in [6.45, 7) is -1.04. The van der Waals surface area contributed by atoms with Crippen molar-refractivity contribution in [3.63, 3.8) is 0 Å². The van der Waals surface area contributed by atoms with Crippen molar-refractivity contribution < 1.29 is 26.3 Å². The lowest BCUT2D eigenvalue weighted by atomic mass is 10.2. The van der Waals surface area contributed by atoms with Crippen molar-refractivity contribution in [2.45, 2.75) is 25.2 Å². The summed E-state index contributed by atoms with van der Waals surface area (Å²) in [6.07, 6.45) is -3.87. The molecule has 1 heterocycles. The van der Waals surface area contributed by atoms with E-state index in [4.69, 9.17) is 4.74 Å². The van der Waals surface area contributed by atoms with Crippen molar-refractivity contribution >= 4 is 15.8 Å². The zero-order chi connectivity index (χ0) is 18.5. The van der Waals surface area contributed by atoms with Gasteiger partial charge >= 0.3 is 6.18 Å². The molecule has 0 saturated carbocycles. The van der Waals surface area contributed by atoms with Gasteiger partial charge in [-0.1, -0.05) is 12.1 Å². The topological polar surface area (TPSA) is 79.8 Å². The van der Waals surface area contributed by atoms with Crippen LogP contribution in [0.2, 0.25) is 0 Å². The second-order valence-electron chi connectivity index (χ2n) is 5.72. The van der Waals surface area contributed by atoms with Crippen molar-refractivity contribution in [1.82, 2.24) is 10.6 Å². The van der Waals surface area contributed by atoms with Crippen LogP contribution in [0.1, 0.15) is 12.0 Å². The molecular formula is C15H20F3N3O3S. The van der Waals surface area contributed by atoms with Gasteiger partial charge in [0.15, 0.2) is 22.4 Å². The van der Waals surface area contributed by atoms with Crippen LogP contribution in [-0.2, 0) is 16.4 Å². The van der Waals surface area contributed by atoms with E-state index in [0.717, 1.165) is 0 Å². The van der Waals surface area contributed by atoms with E-state index < -0.39 is 22.6 Å². The number of benzene rings is 1. The lowest BCUT2D eigenvalue weighted by Crippen LogP contribution is -2.43. The Labute approximate surface area is 144 Å². The molecule has 1 aliphatic rings. The quantitative estimate of drug-likeness (QED) is 0.598. The highest BCUT2D eigenvalue weighted by Gasteiger charge is 2.29. The smallest absolute Gasteiger partial charge is 0.422 e. The van der Waals surface area contributed by atoms with E-state index in [2.05, 4.69) is 15.6 Å². The SMILES string of the molecule is CN=C(NCc1cccc(OCC(F)(F)F)c1)NC1CCS(=O)(=O)C1. The molecule has 1 unspecified atom stereocenters. The number of sulfone groups is 1. The van der Waals surface area contributed by atoms with Gasteiger partial charge in [-0.3, -0.25) is 4.99 Å². The predicted octanol–water partition coefficient (Wildman–Crippen LogP) is 1.48. The van der Waals surface area contributed by atoms with Crippen LogP contribution in [0.5, 0.6) is 5.75 Å². The van der Waals surface area contributed by atoms with Crippen molar-refractivity contribution in [3.8, 4) is 5.75 Å². The Morgan fingerprint density at radius 1 is 1.40 bits per heavy atom. The zero-order valence-electron chi connectivity index (χ0n) is 13.6. The molecule has 0 aliphatic carbocycles. The van der Waals surface area contributed by atoms with Gasteiger partial charge in [0, 0.05) is 19.6 Å². The average molecular weight is 379 g/mol. The van der Waals surface area contributed by atoms with Gasteiger partial charge in [0.1, 0.15) is 5.75 Å².